The molecule has 1 aliphatic heterocycles. The highest BCUT2D eigenvalue weighted by Gasteiger charge is 2.16. The third-order valence-electron chi connectivity index (χ3n) is 4.50. The van der Waals surface area contributed by atoms with E-state index in [4.69, 9.17) is 14.2 Å². The van der Waals surface area contributed by atoms with Gasteiger partial charge in [-0.2, -0.15) is 0 Å². The summed E-state index contributed by atoms with van der Waals surface area (Å²) in [6.07, 6.45) is 4.36. The zero-order valence-corrected chi connectivity index (χ0v) is 17.7. The number of carbonyl (C=O) groups is 1. The molecule has 0 aliphatic carbocycles. The van der Waals surface area contributed by atoms with E-state index in [9.17, 15) is 4.79 Å². The SMILES string of the molecule is CCCCOc1ccc(C(=O)Nc2cccc(OCC3CCCO3)c2)cc1Br. The Morgan fingerprint density at radius 2 is 2.14 bits per heavy atom. The van der Waals surface area contributed by atoms with Crippen LogP contribution >= 0.6 is 15.9 Å². The summed E-state index contributed by atoms with van der Waals surface area (Å²) >= 11 is 3.48. The van der Waals surface area contributed by atoms with Crippen LogP contribution in [0.3, 0.4) is 0 Å². The normalized spacial score (nSPS) is 16.0. The van der Waals surface area contributed by atoms with Crippen molar-refractivity contribution in [1.82, 2.24) is 0 Å². The summed E-state index contributed by atoms with van der Waals surface area (Å²) in [6, 6.07) is 12.8. The van der Waals surface area contributed by atoms with Gasteiger partial charge >= 0.3 is 0 Å². The first-order valence-corrected chi connectivity index (χ1v) is 10.5. The van der Waals surface area contributed by atoms with Crippen molar-refractivity contribution in [1.29, 1.82) is 0 Å². The molecule has 0 bridgehead atoms. The highest BCUT2D eigenvalue weighted by Crippen LogP contribution is 2.27. The van der Waals surface area contributed by atoms with Crippen LogP contribution < -0.4 is 14.8 Å². The monoisotopic (exact) mass is 447 g/mol. The number of amides is 1. The van der Waals surface area contributed by atoms with Crippen molar-refractivity contribution in [2.45, 2.75) is 38.7 Å². The molecule has 150 valence electrons. The maximum atomic E-state index is 12.6. The summed E-state index contributed by atoms with van der Waals surface area (Å²) in [4.78, 5) is 12.6. The van der Waals surface area contributed by atoms with Crippen molar-refractivity contribution < 1.29 is 19.0 Å². The van der Waals surface area contributed by atoms with Crippen LogP contribution in [0.1, 0.15) is 43.0 Å². The van der Waals surface area contributed by atoms with Crippen molar-refractivity contribution in [2.75, 3.05) is 25.1 Å². The van der Waals surface area contributed by atoms with E-state index in [1.165, 1.54) is 0 Å². The first kappa shape index (κ1) is 20.7. The Kier molecular flexibility index (Phi) is 7.74. The highest BCUT2D eigenvalue weighted by molar-refractivity contribution is 9.10. The van der Waals surface area contributed by atoms with Crippen molar-refractivity contribution in [3.63, 3.8) is 0 Å². The Morgan fingerprint density at radius 3 is 2.89 bits per heavy atom. The van der Waals surface area contributed by atoms with Gasteiger partial charge in [0.25, 0.3) is 5.91 Å². The topological polar surface area (TPSA) is 56.8 Å². The van der Waals surface area contributed by atoms with Crippen LogP contribution in [0.5, 0.6) is 11.5 Å². The van der Waals surface area contributed by atoms with Crippen LogP contribution in [-0.2, 0) is 4.74 Å². The fraction of sp³-hybridized carbons (Fsp3) is 0.409. The van der Waals surface area contributed by atoms with E-state index < -0.39 is 0 Å². The van der Waals surface area contributed by atoms with Crippen LogP contribution in [-0.4, -0.2) is 31.8 Å². The van der Waals surface area contributed by atoms with Crippen LogP contribution in [0, 0.1) is 0 Å². The van der Waals surface area contributed by atoms with Gasteiger partial charge < -0.3 is 19.5 Å². The number of anilines is 1. The maximum absolute atomic E-state index is 12.6. The highest BCUT2D eigenvalue weighted by atomic mass is 79.9. The van der Waals surface area contributed by atoms with E-state index >= 15 is 0 Å². The molecule has 1 amide bonds. The second-order valence-electron chi connectivity index (χ2n) is 6.78. The summed E-state index contributed by atoms with van der Waals surface area (Å²) in [7, 11) is 0. The number of benzene rings is 2. The van der Waals surface area contributed by atoms with Crippen molar-refractivity contribution in [3.8, 4) is 11.5 Å². The van der Waals surface area contributed by atoms with Gasteiger partial charge in [-0.3, -0.25) is 4.79 Å². The summed E-state index contributed by atoms with van der Waals surface area (Å²) in [6.45, 7) is 4.12. The van der Waals surface area contributed by atoms with Gasteiger partial charge in [0, 0.05) is 23.9 Å². The van der Waals surface area contributed by atoms with E-state index in [2.05, 4.69) is 28.2 Å². The number of unbranched alkanes of at least 4 members (excludes halogenated alkanes) is 1. The quantitative estimate of drug-likeness (QED) is 0.520. The first-order chi connectivity index (χ1) is 13.7. The predicted octanol–water partition coefficient (Wildman–Crippen LogP) is 5.44. The van der Waals surface area contributed by atoms with Gasteiger partial charge in [-0.1, -0.05) is 19.4 Å². The minimum Gasteiger partial charge on any atom is -0.492 e. The molecule has 2 aromatic rings. The minimum atomic E-state index is -0.183. The Morgan fingerprint density at radius 1 is 1.25 bits per heavy atom. The lowest BCUT2D eigenvalue weighted by Gasteiger charge is -2.13. The van der Waals surface area contributed by atoms with E-state index in [0.29, 0.717) is 30.2 Å². The molecule has 5 nitrogen and oxygen atoms in total. The number of rotatable bonds is 9. The van der Waals surface area contributed by atoms with Gasteiger partial charge in [-0.15, -0.1) is 0 Å². The Labute approximate surface area is 174 Å². The van der Waals surface area contributed by atoms with Gasteiger partial charge in [0.1, 0.15) is 18.1 Å². The Hall–Kier alpha value is -2.05. The third kappa shape index (κ3) is 5.97. The number of halogens is 1. The number of hydrogen-bond acceptors (Lipinski definition) is 4. The number of ether oxygens (including phenoxy) is 3. The largest absolute Gasteiger partial charge is 0.492 e. The zero-order chi connectivity index (χ0) is 19.8. The van der Waals surface area contributed by atoms with Gasteiger partial charge in [-0.25, -0.2) is 0 Å². The first-order valence-electron chi connectivity index (χ1n) is 9.74. The molecule has 1 fully saturated rings. The average molecular weight is 448 g/mol. The van der Waals surface area contributed by atoms with Crippen LogP contribution in [0.25, 0.3) is 0 Å². The van der Waals surface area contributed by atoms with Crippen LogP contribution in [0.4, 0.5) is 5.69 Å². The molecular weight excluding hydrogens is 422 g/mol. The maximum Gasteiger partial charge on any atom is 0.255 e. The second kappa shape index (κ2) is 10.5. The van der Waals surface area contributed by atoms with E-state index in [-0.39, 0.29) is 12.0 Å². The minimum absolute atomic E-state index is 0.161. The van der Waals surface area contributed by atoms with E-state index in [1.807, 2.05) is 30.3 Å². The third-order valence-corrected chi connectivity index (χ3v) is 5.12. The Bertz CT molecular complexity index is 790. The molecule has 0 aromatic heterocycles. The van der Waals surface area contributed by atoms with Gasteiger partial charge in [0.05, 0.1) is 17.2 Å². The molecule has 1 unspecified atom stereocenters. The molecule has 1 heterocycles. The molecule has 1 saturated heterocycles. The number of carbonyl (C=O) groups excluding carboxylic acids is 1. The predicted molar refractivity (Wildman–Crippen MR) is 113 cm³/mol. The van der Waals surface area contributed by atoms with Gasteiger partial charge in [0.2, 0.25) is 0 Å². The molecule has 0 radical (unpaired) electrons. The lowest BCUT2D eigenvalue weighted by molar-refractivity contribution is 0.0680. The van der Waals surface area contributed by atoms with Crippen molar-refractivity contribution in [3.05, 3.63) is 52.5 Å². The molecule has 28 heavy (non-hydrogen) atoms. The summed E-state index contributed by atoms with van der Waals surface area (Å²) in [5.41, 5.74) is 1.25. The number of nitrogens with one attached hydrogen (secondary N) is 1. The second-order valence-corrected chi connectivity index (χ2v) is 7.63. The van der Waals surface area contributed by atoms with E-state index in [0.717, 1.165) is 42.5 Å². The molecule has 6 heteroatoms. The standard InChI is InChI=1S/C22H26BrNO4/c1-2-3-11-27-21-10-9-16(13-20(21)23)22(25)24-17-6-4-7-18(14-17)28-15-19-8-5-12-26-19/h4,6-7,9-10,13-14,19H,2-3,5,8,11-12,15H2,1H3,(H,24,25). The average Bonchev–Trinajstić information content (AvgIpc) is 3.22. The molecule has 1 aliphatic rings. The smallest absolute Gasteiger partial charge is 0.255 e. The Balaban J connectivity index is 1.57. The van der Waals surface area contributed by atoms with Crippen LogP contribution in [0.15, 0.2) is 46.9 Å². The molecular formula is C22H26BrNO4. The number of hydrogen-bond donors (Lipinski definition) is 1. The molecule has 3 rings (SSSR count). The molecule has 1 N–H and O–H groups in total. The van der Waals surface area contributed by atoms with Crippen LogP contribution in [0.2, 0.25) is 0 Å². The van der Waals surface area contributed by atoms with Gasteiger partial charge in [0.15, 0.2) is 0 Å². The van der Waals surface area contributed by atoms with Crippen molar-refractivity contribution >= 4 is 27.5 Å². The molecule has 2 aromatic carbocycles. The lowest BCUT2D eigenvalue weighted by atomic mass is 10.2. The molecule has 1 atom stereocenters. The van der Waals surface area contributed by atoms with E-state index in [1.54, 1.807) is 12.1 Å². The van der Waals surface area contributed by atoms with Crippen molar-refractivity contribution in [2.24, 2.45) is 0 Å². The lowest BCUT2D eigenvalue weighted by Crippen LogP contribution is -2.16. The summed E-state index contributed by atoms with van der Waals surface area (Å²) in [5, 5.41) is 2.91. The molecule has 0 spiro atoms. The molecule has 0 saturated carbocycles. The summed E-state index contributed by atoms with van der Waals surface area (Å²) in [5.74, 6) is 1.28. The zero-order valence-electron chi connectivity index (χ0n) is 16.1. The van der Waals surface area contributed by atoms with Gasteiger partial charge in [-0.05, 0) is 65.5 Å². The fourth-order valence-corrected chi connectivity index (χ4v) is 3.41. The fourth-order valence-electron chi connectivity index (χ4n) is 2.92. The summed E-state index contributed by atoms with van der Waals surface area (Å²) < 4.78 is 17.8.